The number of amides is 1. The Morgan fingerprint density at radius 3 is 2.50 bits per heavy atom. The zero-order valence-corrected chi connectivity index (χ0v) is 19.5. The second-order valence-electron chi connectivity index (χ2n) is 8.50. The third-order valence-corrected chi connectivity index (χ3v) is 6.20. The Morgan fingerprint density at radius 1 is 0.941 bits per heavy atom. The number of methoxy groups -OCH3 is 1. The largest absolute Gasteiger partial charge is 0.515 e. The third kappa shape index (κ3) is 5.79. The summed E-state index contributed by atoms with van der Waals surface area (Å²) in [6, 6.07) is 21.8. The fourth-order valence-electron chi connectivity index (χ4n) is 4.30. The lowest BCUT2D eigenvalue weighted by molar-refractivity contribution is -0.115. The van der Waals surface area contributed by atoms with E-state index in [1.54, 1.807) is 7.11 Å². The predicted octanol–water partition coefficient (Wildman–Crippen LogP) is 5.41. The average Bonchev–Trinajstić information content (AvgIpc) is 2.88. The summed E-state index contributed by atoms with van der Waals surface area (Å²) in [5.41, 5.74) is 5.77. The molecule has 5 nitrogen and oxygen atoms in total. The molecule has 1 amide bonds. The lowest BCUT2D eigenvalue weighted by atomic mass is 9.89. The minimum Gasteiger partial charge on any atom is -0.515 e. The Hall–Kier alpha value is -3.73. The molecule has 0 saturated heterocycles. The topological polar surface area (TPSA) is 67.8 Å². The Labute approximate surface area is 201 Å². The van der Waals surface area contributed by atoms with Crippen molar-refractivity contribution in [1.29, 1.82) is 0 Å². The number of hydrogen-bond donors (Lipinski definition) is 2. The lowest BCUT2D eigenvalue weighted by Crippen LogP contribution is -2.26. The van der Waals surface area contributed by atoms with Gasteiger partial charge in [0, 0.05) is 6.54 Å². The van der Waals surface area contributed by atoms with Crippen LogP contribution in [-0.2, 0) is 30.7 Å². The zero-order chi connectivity index (χ0) is 23.8. The lowest BCUT2D eigenvalue weighted by Gasteiger charge is -2.17. The van der Waals surface area contributed by atoms with Crippen LogP contribution in [0, 0.1) is 0 Å². The minimum absolute atomic E-state index is 0.284. The molecule has 2 N–H and O–H groups in total. The van der Waals surface area contributed by atoms with Crippen LogP contribution >= 0.6 is 0 Å². The van der Waals surface area contributed by atoms with E-state index in [-0.39, 0.29) is 11.5 Å². The molecule has 0 aromatic heterocycles. The molecule has 176 valence electrons. The molecular weight excluding hydrogens is 426 g/mol. The fourth-order valence-corrected chi connectivity index (χ4v) is 4.30. The molecule has 34 heavy (non-hydrogen) atoms. The first-order chi connectivity index (χ1) is 16.7. The van der Waals surface area contributed by atoms with Crippen molar-refractivity contribution in [1.82, 2.24) is 5.32 Å². The number of rotatable bonds is 9. The summed E-state index contributed by atoms with van der Waals surface area (Å²) in [5, 5.41) is 12.7. The van der Waals surface area contributed by atoms with E-state index in [9.17, 15) is 9.90 Å². The summed E-state index contributed by atoms with van der Waals surface area (Å²) in [6.07, 6.45) is 6.02. The van der Waals surface area contributed by atoms with Crippen LogP contribution in [0.5, 0.6) is 11.5 Å². The van der Waals surface area contributed by atoms with Gasteiger partial charge in [0.15, 0.2) is 11.5 Å². The van der Waals surface area contributed by atoms with Crippen LogP contribution in [0.2, 0.25) is 0 Å². The van der Waals surface area contributed by atoms with Crippen molar-refractivity contribution in [2.45, 2.75) is 38.7 Å². The SMILES string of the molecule is COc1cc(CCNC(=O)C(=CO)c2ccc3c(c2)CCCC3)ccc1OCc1ccccc1. The molecule has 0 aliphatic heterocycles. The van der Waals surface area contributed by atoms with Gasteiger partial charge in [-0.05, 0) is 72.1 Å². The molecule has 0 atom stereocenters. The van der Waals surface area contributed by atoms with Crippen LogP contribution < -0.4 is 14.8 Å². The molecule has 5 heteroatoms. The Morgan fingerprint density at radius 2 is 1.74 bits per heavy atom. The van der Waals surface area contributed by atoms with Crippen molar-refractivity contribution in [3.05, 3.63) is 101 Å². The van der Waals surface area contributed by atoms with Gasteiger partial charge in [-0.15, -0.1) is 0 Å². The molecule has 3 aromatic carbocycles. The first-order valence-electron chi connectivity index (χ1n) is 11.8. The highest BCUT2D eigenvalue weighted by molar-refractivity contribution is 6.19. The first-order valence-corrected chi connectivity index (χ1v) is 11.8. The monoisotopic (exact) mass is 457 g/mol. The molecule has 1 aliphatic carbocycles. The standard InChI is InChI=1S/C29H31NO4/c1-33-28-17-21(11-14-27(28)34-20-22-7-3-2-4-8-22)15-16-30-29(32)26(19-31)25-13-12-23-9-5-6-10-24(23)18-25/h2-4,7-8,11-14,17-19,31H,5-6,9-10,15-16,20H2,1H3,(H,30,32). The molecule has 3 aromatic rings. The van der Waals surface area contributed by atoms with E-state index in [0.717, 1.165) is 35.8 Å². The molecule has 0 radical (unpaired) electrons. The summed E-state index contributed by atoms with van der Waals surface area (Å²) in [6.45, 7) is 0.903. The maximum absolute atomic E-state index is 12.7. The molecule has 0 fully saturated rings. The first kappa shape index (κ1) is 23.4. The van der Waals surface area contributed by atoms with Crippen molar-refractivity contribution in [2.75, 3.05) is 13.7 Å². The average molecular weight is 458 g/mol. The molecule has 1 aliphatic rings. The number of hydrogen-bond acceptors (Lipinski definition) is 4. The fraction of sp³-hybridized carbons (Fsp3) is 0.276. The number of aryl methyl sites for hydroxylation is 2. The summed E-state index contributed by atoms with van der Waals surface area (Å²) < 4.78 is 11.4. The van der Waals surface area contributed by atoms with E-state index in [4.69, 9.17) is 9.47 Å². The Kier molecular flexibility index (Phi) is 7.87. The van der Waals surface area contributed by atoms with Crippen LogP contribution in [0.4, 0.5) is 0 Å². The van der Waals surface area contributed by atoms with Gasteiger partial charge in [-0.1, -0.05) is 54.6 Å². The normalized spacial score (nSPS) is 13.1. The van der Waals surface area contributed by atoms with Crippen LogP contribution in [0.25, 0.3) is 5.57 Å². The van der Waals surface area contributed by atoms with Gasteiger partial charge in [-0.25, -0.2) is 0 Å². The van der Waals surface area contributed by atoms with Gasteiger partial charge in [0.1, 0.15) is 6.61 Å². The molecule has 4 rings (SSSR count). The predicted molar refractivity (Wildman–Crippen MR) is 134 cm³/mol. The van der Waals surface area contributed by atoms with E-state index in [0.29, 0.717) is 31.1 Å². The quantitative estimate of drug-likeness (QED) is 0.333. The van der Waals surface area contributed by atoms with Crippen molar-refractivity contribution in [3.63, 3.8) is 0 Å². The van der Waals surface area contributed by atoms with E-state index >= 15 is 0 Å². The molecule has 0 unspecified atom stereocenters. The smallest absolute Gasteiger partial charge is 0.255 e. The molecule has 0 heterocycles. The van der Waals surface area contributed by atoms with E-state index in [1.807, 2.05) is 60.7 Å². The van der Waals surface area contributed by atoms with Crippen molar-refractivity contribution in [3.8, 4) is 11.5 Å². The zero-order valence-electron chi connectivity index (χ0n) is 19.5. The van der Waals surface area contributed by atoms with Gasteiger partial charge >= 0.3 is 0 Å². The number of ether oxygens (including phenoxy) is 2. The van der Waals surface area contributed by atoms with Crippen LogP contribution in [0.3, 0.4) is 0 Å². The second kappa shape index (κ2) is 11.4. The van der Waals surface area contributed by atoms with Gasteiger partial charge in [-0.2, -0.15) is 0 Å². The number of fused-ring (bicyclic) bond motifs is 1. The molecule has 0 saturated carbocycles. The summed E-state index contributed by atoms with van der Waals surface area (Å²) >= 11 is 0. The van der Waals surface area contributed by atoms with Crippen molar-refractivity contribution < 1.29 is 19.4 Å². The number of benzene rings is 3. The third-order valence-electron chi connectivity index (χ3n) is 6.20. The number of aliphatic hydroxyl groups is 1. The van der Waals surface area contributed by atoms with Gasteiger partial charge in [0.2, 0.25) is 0 Å². The van der Waals surface area contributed by atoms with Crippen molar-refractivity contribution >= 4 is 11.5 Å². The van der Waals surface area contributed by atoms with Gasteiger partial charge in [0.25, 0.3) is 5.91 Å². The summed E-state index contributed by atoms with van der Waals surface area (Å²) in [4.78, 5) is 12.7. The maximum Gasteiger partial charge on any atom is 0.255 e. The summed E-state index contributed by atoms with van der Waals surface area (Å²) in [7, 11) is 1.62. The van der Waals surface area contributed by atoms with Gasteiger partial charge < -0.3 is 19.9 Å². The van der Waals surface area contributed by atoms with Gasteiger partial charge in [-0.3, -0.25) is 4.79 Å². The van der Waals surface area contributed by atoms with Crippen molar-refractivity contribution in [2.24, 2.45) is 0 Å². The molecule has 0 bridgehead atoms. The number of nitrogens with one attached hydrogen (secondary N) is 1. The Balaban J connectivity index is 1.33. The van der Waals surface area contributed by atoms with Crippen LogP contribution in [-0.4, -0.2) is 24.7 Å². The molecule has 0 spiro atoms. The van der Waals surface area contributed by atoms with Gasteiger partial charge in [0.05, 0.1) is 18.9 Å². The van der Waals surface area contributed by atoms with E-state index < -0.39 is 0 Å². The number of aliphatic hydroxyl groups excluding tert-OH is 1. The van der Waals surface area contributed by atoms with Crippen LogP contribution in [0.1, 0.15) is 40.7 Å². The minimum atomic E-state index is -0.284. The second-order valence-corrected chi connectivity index (χ2v) is 8.50. The number of carbonyl (C=O) groups excluding carboxylic acids is 1. The molecular formula is C29H31NO4. The van der Waals surface area contributed by atoms with E-state index in [2.05, 4.69) is 11.4 Å². The number of carbonyl (C=O) groups is 1. The highest BCUT2D eigenvalue weighted by Gasteiger charge is 2.16. The maximum atomic E-state index is 12.7. The van der Waals surface area contributed by atoms with E-state index in [1.165, 1.54) is 24.0 Å². The Bertz CT molecular complexity index is 1150. The summed E-state index contributed by atoms with van der Waals surface area (Å²) in [5.74, 6) is 1.05. The van der Waals surface area contributed by atoms with Crippen LogP contribution in [0.15, 0.2) is 73.0 Å². The highest BCUT2D eigenvalue weighted by atomic mass is 16.5. The highest BCUT2D eigenvalue weighted by Crippen LogP contribution is 2.29.